The molecule has 1 aliphatic rings. The van der Waals surface area contributed by atoms with Crippen molar-refractivity contribution >= 4 is 0 Å². The van der Waals surface area contributed by atoms with Crippen LogP contribution in [0.3, 0.4) is 0 Å². The van der Waals surface area contributed by atoms with Crippen molar-refractivity contribution in [3.8, 4) is 0 Å². The fourth-order valence-corrected chi connectivity index (χ4v) is 3.68. The molecule has 1 fully saturated rings. The SMILES string of the molecule is CCC(N)[C@H](C)[C@H]1CC[C@@H](CC)CCC[C@@H]1C. The van der Waals surface area contributed by atoms with Crippen LogP contribution in [0.15, 0.2) is 0 Å². The van der Waals surface area contributed by atoms with Crippen LogP contribution in [0.4, 0.5) is 0 Å². The summed E-state index contributed by atoms with van der Waals surface area (Å²) in [6.45, 7) is 9.42. The fraction of sp³-hybridized carbons (Fsp3) is 1.00. The maximum Gasteiger partial charge on any atom is 0.00646 e. The summed E-state index contributed by atoms with van der Waals surface area (Å²) in [6.07, 6.45) is 9.66. The Balaban J connectivity index is 2.60. The molecule has 0 aliphatic heterocycles. The van der Waals surface area contributed by atoms with Crippen molar-refractivity contribution in [2.24, 2.45) is 29.4 Å². The lowest BCUT2D eigenvalue weighted by molar-refractivity contribution is 0.162. The minimum absolute atomic E-state index is 0.405. The lowest BCUT2D eigenvalue weighted by Gasteiger charge is -2.36. The van der Waals surface area contributed by atoms with Crippen LogP contribution in [0.2, 0.25) is 0 Å². The summed E-state index contributed by atoms with van der Waals surface area (Å²) in [5.41, 5.74) is 6.27. The first-order chi connectivity index (χ1) is 8.10. The number of hydrogen-bond acceptors (Lipinski definition) is 1. The first-order valence-electron chi connectivity index (χ1n) is 7.85. The molecule has 0 aromatic heterocycles. The number of rotatable bonds is 4. The molecule has 5 atom stereocenters. The van der Waals surface area contributed by atoms with Crippen molar-refractivity contribution < 1.29 is 0 Å². The van der Waals surface area contributed by atoms with Gasteiger partial charge in [-0.15, -0.1) is 0 Å². The second-order valence-corrected chi connectivity index (χ2v) is 6.35. The summed E-state index contributed by atoms with van der Waals surface area (Å²) in [5, 5.41) is 0. The van der Waals surface area contributed by atoms with E-state index in [0.29, 0.717) is 12.0 Å². The minimum Gasteiger partial charge on any atom is -0.327 e. The van der Waals surface area contributed by atoms with Gasteiger partial charge in [0.25, 0.3) is 0 Å². The molecule has 0 aromatic rings. The second kappa shape index (κ2) is 7.41. The number of hydrogen-bond donors (Lipinski definition) is 1. The molecule has 0 spiro atoms. The molecule has 1 rings (SSSR count). The molecule has 17 heavy (non-hydrogen) atoms. The van der Waals surface area contributed by atoms with Gasteiger partial charge in [0.05, 0.1) is 0 Å². The van der Waals surface area contributed by atoms with Gasteiger partial charge in [-0.2, -0.15) is 0 Å². The van der Waals surface area contributed by atoms with Crippen LogP contribution in [0.1, 0.15) is 72.6 Å². The molecule has 1 saturated carbocycles. The lowest BCUT2D eigenvalue weighted by Crippen LogP contribution is -2.36. The van der Waals surface area contributed by atoms with Crippen LogP contribution in [0, 0.1) is 23.7 Å². The Morgan fingerprint density at radius 3 is 2.41 bits per heavy atom. The van der Waals surface area contributed by atoms with Crippen LogP contribution in [-0.4, -0.2) is 6.04 Å². The Morgan fingerprint density at radius 1 is 1.12 bits per heavy atom. The van der Waals surface area contributed by atoms with Crippen molar-refractivity contribution in [3.63, 3.8) is 0 Å². The van der Waals surface area contributed by atoms with Crippen molar-refractivity contribution in [2.75, 3.05) is 0 Å². The van der Waals surface area contributed by atoms with Gasteiger partial charge >= 0.3 is 0 Å². The van der Waals surface area contributed by atoms with E-state index < -0.39 is 0 Å². The van der Waals surface area contributed by atoms with E-state index in [4.69, 9.17) is 5.73 Å². The third kappa shape index (κ3) is 4.28. The van der Waals surface area contributed by atoms with Crippen molar-refractivity contribution in [1.29, 1.82) is 0 Å². The summed E-state index contributed by atoms with van der Waals surface area (Å²) in [5.74, 6) is 3.42. The first kappa shape index (κ1) is 15.0. The maximum absolute atomic E-state index is 6.27. The normalized spacial score (nSPS) is 34.8. The molecule has 0 amide bonds. The van der Waals surface area contributed by atoms with Crippen LogP contribution in [0.25, 0.3) is 0 Å². The third-order valence-corrected chi connectivity index (χ3v) is 5.31. The van der Waals surface area contributed by atoms with E-state index in [1.807, 2.05) is 0 Å². The van der Waals surface area contributed by atoms with Crippen LogP contribution >= 0.6 is 0 Å². The molecule has 1 aliphatic carbocycles. The summed E-state index contributed by atoms with van der Waals surface area (Å²) < 4.78 is 0. The van der Waals surface area contributed by atoms with E-state index >= 15 is 0 Å². The zero-order chi connectivity index (χ0) is 12.8. The highest BCUT2D eigenvalue weighted by Crippen LogP contribution is 2.36. The van der Waals surface area contributed by atoms with Gasteiger partial charge in [-0.25, -0.2) is 0 Å². The van der Waals surface area contributed by atoms with Crippen LogP contribution in [0.5, 0.6) is 0 Å². The molecule has 0 heterocycles. The molecule has 1 unspecified atom stereocenters. The van der Waals surface area contributed by atoms with E-state index in [1.165, 1.54) is 38.5 Å². The summed E-state index contributed by atoms with van der Waals surface area (Å²) >= 11 is 0. The molecule has 0 saturated heterocycles. The molecule has 1 nitrogen and oxygen atoms in total. The standard InChI is InChI=1S/C16H33N/c1-5-14-9-7-8-12(3)15(11-10-14)13(4)16(17)6-2/h12-16H,5-11,17H2,1-4H3/t12-,13+,14-,15-,16?/m0/s1. The average molecular weight is 239 g/mol. The topological polar surface area (TPSA) is 26.0 Å². The van der Waals surface area contributed by atoms with Gasteiger partial charge in [-0.1, -0.05) is 59.8 Å². The van der Waals surface area contributed by atoms with Gasteiger partial charge in [0.15, 0.2) is 0 Å². The summed E-state index contributed by atoms with van der Waals surface area (Å²) in [7, 11) is 0. The van der Waals surface area contributed by atoms with E-state index in [0.717, 1.165) is 24.2 Å². The third-order valence-electron chi connectivity index (χ3n) is 5.31. The highest BCUT2D eigenvalue weighted by atomic mass is 14.6. The van der Waals surface area contributed by atoms with Crippen molar-refractivity contribution in [1.82, 2.24) is 0 Å². The second-order valence-electron chi connectivity index (χ2n) is 6.35. The van der Waals surface area contributed by atoms with Crippen LogP contribution < -0.4 is 5.73 Å². The molecular formula is C16H33N. The highest BCUT2D eigenvalue weighted by Gasteiger charge is 2.28. The summed E-state index contributed by atoms with van der Waals surface area (Å²) in [6, 6.07) is 0.405. The molecule has 0 aromatic carbocycles. The Bertz CT molecular complexity index is 202. The Kier molecular flexibility index (Phi) is 6.54. The predicted molar refractivity (Wildman–Crippen MR) is 77.0 cm³/mol. The molecule has 2 N–H and O–H groups in total. The number of nitrogens with two attached hydrogens (primary N) is 1. The van der Waals surface area contributed by atoms with Crippen molar-refractivity contribution in [3.05, 3.63) is 0 Å². The van der Waals surface area contributed by atoms with E-state index in [9.17, 15) is 0 Å². The largest absolute Gasteiger partial charge is 0.327 e. The minimum atomic E-state index is 0.405. The van der Waals surface area contributed by atoms with E-state index in [1.54, 1.807) is 0 Å². The zero-order valence-corrected chi connectivity index (χ0v) is 12.4. The van der Waals surface area contributed by atoms with Gasteiger partial charge in [-0.3, -0.25) is 0 Å². The van der Waals surface area contributed by atoms with Crippen molar-refractivity contribution in [2.45, 2.75) is 78.7 Å². The fourth-order valence-electron chi connectivity index (χ4n) is 3.68. The molecular weight excluding hydrogens is 206 g/mol. The molecule has 0 radical (unpaired) electrons. The van der Waals surface area contributed by atoms with Gasteiger partial charge in [0.1, 0.15) is 0 Å². The Labute approximate surface area is 109 Å². The lowest BCUT2D eigenvalue weighted by atomic mass is 9.71. The zero-order valence-electron chi connectivity index (χ0n) is 12.4. The van der Waals surface area contributed by atoms with Gasteiger partial charge < -0.3 is 5.73 Å². The predicted octanol–water partition coefficient (Wildman–Crippen LogP) is 4.60. The Morgan fingerprint density at radius 2 is 1.82 bits per heavy atom. The van der Waals surface area contributed by atoms with E-state index in [2.05, 4.69) is 27.7 Å². The first-order valence-corrected chi connectivity index (χ1v) is 7.85. The molecule has 0 bridgehead atoms. The van der Waals surface area contributed by atoms with E-state index in [-0.39, 0.29) is 0 Å². The Hall–Kier alpha value is -0.0400. The summed E-state index contributed by atoms with van der Waals surface area (Å²) in [4.78, 5) is 0. The highest BCUT2D eigenvalue weighted by molar-refractivity contribution is 4.81. The smallest absolute Gasteiger partial charge is 0.00646 e. The maximum atomic E-state index is 6.27. The van der Waals surface area contributed by atoms with Gasteiger partial charge in [0.2, 0.25) is 0 Å². The van der Waals surface area contributed by atoms with Gasteiger partial charge in [0, 0.05) is 6.04 Å². The van der Waals surface area contributed by atoms with Gasteiger partial charge in [-0.05, 0) is 36.5 Å². The quantitative estimate of drug-likeness (QED) is 0.762. The molecule has 102 valence electrons. The average Bonchev–Trinajstić information content (AvgIpc) is 2.32. The monoisotopic (exact) mass is 239 g/mol. The molecule has 1 heteroatoms. The van der Waals surface area contributed by atoms with Crippen LogP contribution in [-0.2, 0) is 0 Å².